The number of aromatic nitrogens is 6. The minimum absolute atomic E-state index is 0.0949. The van der Waals surface area contributed by atoms with Gasteiger partial charge in [0, 0.05) is 47.6 Å². The molecule has 4 aromatic heterocycles. The Morgan fingerprint density at radius 3 is 1.63 bits per heavy atom. The van der Waals surface area contributed by atoms with Crippen LogP contribution in [0.3, 0.4) is 0 Å². The molecular formula is C36H31F4N7O9S. The first kappa shape index (κ1) is 41.6. The molecule has 57 heavy (non-hydrogen) atoms. The molecule has 0 aliphatic heterocycles. The summed E-state index contributed by atoms with van der Waals surface area (Å²) in [5.41, 5.74) is -1.48. The van der Waals surface area contributed by atoms with Crippen LogP contribution in [0.15, 0.2) is 75.7 Å². The van der Waals surface area contributed by atoms with E-state index in [1.807, 2.05) is 0 Å². The van der Waals surface area contributed by atoms with Crippen LogP contribution in [0.5, 0.6) is 23.0 Å². The molecule has 0 amide bonds. The summed E-state index contributed by atoms with van der Waals surface area (Å²) in [6, 6.07) is 7.41. The van der Waals surface area contributed by atoms with Crippen molar-refractivity contribution < 1.29 is 50.1 Å². The van der Waals surface area contributed by atoms with E-state index in [0.717, 1.165) is 45.9 Å². The summed E-state index contributed by atoms with van der Waals surface area (Å²) >= 11 is 0. The van der Waals surface area contributed by atoms with Crippen LogP contribution in [0, 0.1) is 23.3 Å². The summed E-state index contributed by atoms with van der Waals surface area (Å²) in [6.07, 6.45) is 3.44. The Hall–Kier alpha value is -6.61. The van der Waals surface area contributed by atoms with Gasteiger partial charge in [-0.1, -0.05) is 0 Å². The number of ketones is 2. The summed E-state index contributed by atoms with van der Waals surface area (Å²) in [5, 5.41) is 12.1. The Bertz CT molecular complexity index is 2780. The first-order valence-corrected chi connectivity index (χ1v) is 18.4. The highest BCUT2D eigenvalue weighted by Gasteiger charge is 2.20. The van der Waals surface area contributed by atoms with Crippen LogP contribution in [-0.4, -0.2) is 73.1 Å². The summed E-state index contributed by atoms with van der Waals surface area (Å²) in [4.78, 5) is 64.8. The van der Waals surface area contributed by atoms with Crippen molar-refractivity contribution in [1.29, 1.82) is 0 Å². The maximum atomic E-state index is 13.9. The molecule has 2 N–H and O–H groups in total. The number of anilines is 1. The molecule has 0 aliphatic rings. The number of nitrogens with one attached hydrogen (secondary N) is 1. The Morgan fingerprint density at radius 2 is 1.21 bits per heavy atom. The highest BCUT2D eigenvalue weighted by molar-refractivity contribution is 7.90. The zero-order chi connectivity index (χ0) is 41.8. The van der Waals surface area contributed by atoms with Crippen LogP contribution < -0.4 is 25.9 Å². The van der Waals surface area contributed by atoms with Gasteiger partial charge < -0.3 is 19.9 Å². The molecule has 0 spiro atoms. The minimum atomic E-state index is -3.76. The number of hydrogen-bond donors (Lipinski definition) is 2. The molecule has 16 nitrogen and oxygen atoms in total. The van der Waals surface area contributed by atoms with Gasteiger partial charge in [-0.2, -0.15) is 9.97 Å². The third kappa shape index (κ3) is 9.99. The molecule has 0 bridgehead atoms. The van der Waals surface area contributed by atoms with Gasteiger partial charge in [0.05, 0.1) is 19.7 Å². The lowest BCUT2D eigenvalue weighted by molar-refractivity contribution is -0.118. The lowest BCUT2D eigenvalue weighted by atomic mass is 10.3. The number of ether oxygens (including phenoxy) is 2. The fraction of sp³-hybridized carbons (Fsp3) is 0.222. The van der Waals surface area contributed by atoms with E-state index >= 15 is 0 Å². The number of fused-ring (bicyclic) bond motifs is 2. The zero-order valence-electron chi connectivity index (χ0n) is 30.3. The fourth-order valence-electron chi connectivity index (χ4n) is 5.00. The predicted octanol–water partition coefficient (Wildman–Crippen LogP) is 4.10. The number of carbonyl (C=O) groups excluding carboxylic acids is 2. The third-order valence-corrected chi connectivity index (χ3v) is 8.40. The maximum Gasteiger partial charge on any atom is 0.295 e. The topological polar surface area (TPSA) is 215 Å². The molecule has 2 aromatic carbocycles. The molecule has 0 saturated carbocycles. The van der Waals surface area contributed by atoms with Gasteiger partial charge in [-0.25, -0.2) is 35.9 Å². The molecule has 21 heteroatoms. The average Bonchev–Trinajstić information content (AvgIpc) is 3.13. The van der Waals surface area contributed by atoms with E-state index < -0.39 is 67.5 Å². The van der Waals surface area contributed by atoms with Crippen LogP contribution in [0.4, 0.5) is 23.5 Å². The number of Topliss-reactive ketones (excluding diaryl/α,β-unsaturated/α-hetero) is 2. The van der Waals surface area contributed by atoms with Gasteiger partial charge in [-0.3, -0.25) is 28.3 Å². The molecule has 6 rings (SSSR count). The maximum absolute atomic E-state index is 13.9. The van der Waals surface area contributed by atoms with Crippen molar-refractivity contribution in [3.63, 3.8) is 0 Å². The number of nitrogens with zero attached hydrogens (tertiary/aromatic N) is 6. The van der Waals surface area contributed by atoms with Gasteiger partial charge in [-0.05, 0) is 57.2 Å². The van der Waals surface area contributed by atoms with Gasteiger partial charge in [0.25, 0.3) is 11.1 Å². The molecule has 1 atom stereocenters. The Labute approximate surface area is 319 Å². The van der Waals surface area contributed by atoms with Crippen molar-refractivity contribution in [3.05, 3.63) is 105 Å². The van der Waals surface area contributed by atoms with E-state index in [9.17, 15) is 45.2 Å². The van der Waals surface area contributed by atoms with Crippen molar-refractivity contribution in [2.24, 2.45) is 0 Å². The first-order valence-electron chi connectivity index (χ1n) is 16.5. The molecular weight excluding hydrogens is 782 g/mol. The Balaban J connectivity index is 0.000000218. The lowest BCUT2D eigenvalue weighted by Gasteiger charge is -2.14. The van der Waals surface area contributed by atoms with Crippen molar-refractivity contribution in [3.8, 4) is 23.0 Å². The zero-order valence-corrected chi connectivity index (χ0v) is 31.1. The number of benzene rings is 2. The van der Waals surface area contributed by atoms with Crippen LogP contribution in [0.1, 0.15) is 20.8 Å². The predicted molar refractivity (Wildman–Crippen MR) is 195 cm³/mol. The second-order valence-corrected chi connectivity index (χ2v) is 14.4. The van der Waals surface area contributed by atoms with E-state index in [2.05, 4.69) is 25.3 Å². The second kappa shape index (κ2) is 17.0. The molecule has 6 aromatic rings. The number of aliphatic hydroxyl groups excluding tert-OH is 1. The minimum Gasteiger partial charge on any atom is -0.448 e. The van der Waals surface area contributed by atoms with Crippen molar-refractivity contribution in [2.75, 3.05) is 18.2 Å². The van der Waals surface area contributed by atoms with Gasteiger partial charge >= 0.3 is 0 Å². The molecule has 0 aliphatic carbocycles. The largest absolute Gasteiger partial charge is 0.448 e. The second-order valence-electron chi connectivity index (χ2n) is 12.5. The third-order valence-electron chi connectivity index (χ3n) is 7.54. The van der Waals surface area contributed by atoms with Gasteiger partial charge in [0.1, 0.15) is 34.5 Å². The summed E-state index contributed by atoms with van der Waals surface area (Å²) in [7, 11) is -3.76. The first-order chi connectivity index (χ1) is 26.8. The number of aliphatic hydroxyl groups is 1. The van der Waals surface area contributed by atoms with E-state index in [-0.39, 0.29) is 64.9 Å². The van der Waals surface area contributed by atoms with Crippen LogP contribution in [0.25, 0.3) is 22.1 Å². The molecule has 4 heterocycles. The Kier molecular flexibility index (Phi) is 12.4. The highest BCUT2D eigenvalue weighted by atomic mass is 32.2. The lowest BCUT2D eigenvalue weighted by Crippen LogP contribution is -2.26. The normalized spacial score (nSPS) is 11.8. The van der Waals surface area contributed by atoms with Crippen LogP contribution in [-0.2, 0) is 32.5 Å². The molecule has 298 valence electrons. The number of sulfone groups is 1. The van der Waals surface area contributed by atoms with E-state index in [4.69, 9.17) is 14.6 Å². The van der Waals surface area contributed by atoms with E-state index in [1.54, 1.807) is 6.92 Å². The van der Waals surface area contributed by atoms with Crippen LogP contribution >= 0.6 is 0 Å². The number of pyridine rings is 2. The van der Waals surface area contributed by atoms with E-state index in [1.165, 1.54) is 32.2 Å². The SMILES string of the molecule is CC(=O)Cn1c(=O)c(Oc2ccc(F)cc2F)cc2cnc(N[C@@H](C)CO)nc21.CC(=O)Cn1c(=O)c(Oc2ccc(F)cc2F)cc2cnc(S(C)(=O)=O)nc21. The quantitative estimate of drug-likeness (QED) is 0.132. The van der Waals surface area contributed by atoms with Crippen LogP contribution in [0.2, 0.25) is 0 Å². The Morgan fingerprint density at radius 1 is 0.754 bits per heavy atom. The van der Waals surface area contributed by atoms with Gasteiger partial charge in [0.2, 0.25) is 20.9 Å². The van der Waals surface area contributed by atoms with E-state index in [0.29, 0.717) is 17.5 Å². The van der Waals surface area contributed by atoms with Crippen molar-refractivity contribution in [1.82, 2.24) is 29.1 Å². The van der Waals surface area contributed by atoms with Crippen molar-refractivity contribution in [2.45, 2.75) is 45.1 Å². The monoisotopic (exact) mass is 813 g/mol. The van der Waals surface area contributed by atoms with Gasteiger partial charge in [0.15, 0.2) is 34.6 Å². The standard InChI is InChI=1S/C19H18F2N4O4.C17H13F2N3O5S/c1-10(9-26)23-19-22-7-12-5-16(29-15-4-3-13(20)6-14(15)21)18(28)25(8-11(2)27)17(12)24-19;1-9(23)8-22-15-10(7-20-17(21-15)28(2,25)26)5-14(16(22)24)27-13-4-3-11(18)6-12(13)19/h3-7,10,26H,8-9H2,1-2H3,(H,22,23,24);3-7H,8H2,1-2H3/t10-;/m0./s1. The van der Waals surface area contributed by atoms with Crippen molar-refractivity contribution >= 4 is 49.4 Å². The number of carbonyl (C=O) groups is 2. The molecule has 0 fully saturated rings. The molecule has 0 radical (unpaired) electrons. The smallest absolute Gasteiger partial charge is 0.295 e. The highest BCUT2D eigenvalue weighted by Crippen LogP contribution is 2.27. The van der Waals surface area contributed by atoms with Gasteiger partial charge in [-0.15, -0.1) is 0 Å². The molecule has 0 unspecified atom stereocenters. The number of halogens is 4. The number of hydrogen-bond acceptors (Lipinski definition) is 14. The number of rotatable bonds is 12. The summed E-state index contributed by atoms with van der Waals surface area (Å²) in [6.45, 7) is 3.38. The molecule has 0 saturated heterocycles. The average molecular weight is 814 g/mol. The summed E-state index contributed by atoms with van der Waals surface area (Å²) < 4.78 is 89.9. The summed E-state index contributed by atoms with van der Waals surface area (Å²) in [5.74, 6) is -5.54. The fourth-order valence-corrected chi connectivity index (χ4v) is 5.50.